The summed E-state index contributed by atoms with van der Waals surface area (Å²) < 4.78 is 4.77. The Balaban J connectivity index is 0.985. The van der Waals surface area contributed by atoms with E-state index in [1.807, 2.05) is 60.7 Å². The Morgan fingerprint density at radius 2 is 0.734 bits per heavy atom. The normalized spacial score (nSPS) is 11.8. The van der Waals surface area contributed by atoms with Crippen molar-refractivity contribution in [3.05, 3.63) is 224 Å². The quantitative estimate of drug-likeness (QED) is 0.157. The molecule has 13 rings (SSSR count). The Bertz CT molecular complexity index is 3890. The molecule has 64 heavy (non-hydrogen) atoms. The molecule has 0 radical (unpaired) electrons. The lowest BCUT2D eigenvalue weighted by Crippen LogP contribution is -2.01. The van der Waals surface area contributed by atoms with Crippen LogP contribution in [0.4, 0.5) is 0 Å². The molecule has 0 aliphatic rings. The first-order chi connectivity index (χ1) is 31.7. The second-order valence-electron chi connectivity index (χ2n) is 16.4. The van der Waals surface area contributed by atoms with E-state index in [1.165, 1.54) is 65.3 Å². The van der Waals surface area contributed by atoms with Crippen molar-refractivity contribution >= 4 is 65.2 Å². The van der Waals surface area contributed by atoms with Gasteiger partial charge in [-0.2, -0.15) is 0 Å². The number of para-hydroxylation sites is 3. The first-order valence-electron chi connectivity index (χ1n) is 21.7. The summed E-state index contributed by atoms with van der Waals surface area (Å²) in [5.41, 5.74) is 12.1. The van der Waals surface area contributed by atoms with Gasteiger partial charge in [0.2, 0.25) is 0 Å². The minimum atomic E-state index is 0.627. The zero-order chi connectivity index (χ0) is 42.1. The van der Waals surface area contributed by atoms with Crippen LogP contribution >= 0.6 is 0 Å². The number of aromatic nitrogens is 5. The third-order valence-electron chi connectivity index (χ3n) is 12.7. The zero-order valence-corrected chi connectivity index (χ0v) is 34.6. The molecule has 0 unspecified atom stereocenters. The minimum Gasteiger partial charge on any atom is -0.309 e. The monoisotopic (exact) mass is 815 g/mol. The summed E-state index contributed by atoms with van der Waals surface area (Å²) in [4.78, 5) is 15.0. The van der Waals surface area contributed by atoms with Gasteiger partial charge in [-0.15, -0.1) is 0 Å². The highest BCUT2D eigenvalue weighted by Gasteiger charge is 2.19. The van der Waals surface area contributed by atoms with Gasteiger partial charge in [0.25, 0.3) is 0 Å². The summed E-state index contributed by atoms with van der Waals surface area (Å²) >= 11 is 0. The highest BCUT2D eigenvalue weighted by molar-refractivity contribution is 6.21. The van der Waals surface area contributed by atoms with Crippen molar-refractivity contribution in [3.63, 3.8) is 0 Å². The molecule has 10 aromatic carbocycles. The number of hydrogen-bond acceptors (Lipinski definition) is 3. The van der Waals surface area contributed by atoms with Crippen molar-refractivity contribution in [1.82, 2.24) is 24.1 Å². The summed E-state index contributed by atoms with van der Waals surface area (Å²) in [6.45, 7) is 0. The third kappa shape index (κ3) is 5.75. The Kier molecular flexibility index (Phi) is 8.15. The molecule has 0 saturated carbocycles. The molecule has 298 valence electrons. The Labute approximate surface area is 368 Å². The van der Waals surface area contributed by atoms with Crippen LogP contribution in [0.25, 0.3) is 122 Å². The molecule has 0 atom stereocenters. The predicted octanol–water partition coefficient (Wildman–Crippen LogP) is 15.0. The maximum absolute atomic E-state index is 5.05. The van der Waals surface area contributed by atoms with Crippen LogP contribution < -0.4 is 0 Å². The molecule has 0 bridgehead atoms. The lowest BCUT2D eigenvalue weighted by atomic mass is 9.92. The highest BCUT2D eigenvalue weighted by Crippen LogP contribution is 2.42. The van der Waals surface area contributed by atoms with Crippen LogP contribution in [-0.2, 0) is 0 Å². The number of fused-ring (bicyclic) bond motifs is 9. The van der Waals surface area contributed by atoms with E-state index in [9.17, 15) is 0 Å². The predicted molar refractivity (Wildman–Crippen MR) is 265 cm³/mol. The van der Waals surface area contributed by atoms with Crippen LogP contribution in [-0.4, -0.2) is 24.1 Å². The standard InChI is InChI=1S/C59H37N5/c1-4-17-38(18-5-1)57-60-58(39-19-6-2-7-20-39)62-59(61-57)41-21-16-24-44(33-41)64-54-30-15-12-27-47(54)51-34-40(31-32-55(51)64)49-35-42-36-56-52(37-50(42)46-26-11-10-25-45(46)49)48-28-13-14-29-53(48)63(56)43-22-8-3-9-23-43/h1-37H. The smallest absolute Gasteiger partial charge is 0.164 e. The zero-order valence-electron chi connectivity index (χ0n) is 34.6. The SMILES string of the molecule is c1ccc(-c2nc(-c3ccccc3)nc(-c3cccc(-n4c5ccccc5c5cc(-c6cc7cc8c(cc7c7ccccc67)c6ccccc6n8-c6ccccc6)ccc54)c3)n2)cc1. The molecular weight excluding hydrogens is 779 g/mol. The van der Waals surface area contributed by atoms with Gasteiger partial charge in [0, 0.05) is 49.6 Å². The second kappa shape index (κ2) is 14.5. The number of hydrogen-bond donors (Lipinski definition) is 0. The molecule has 5 heteroatoms. The lowest BCUT2D eigenvalue weighted by Gasteiger charge is -2.14. The van der Waals surface area contributed by atoms with Crippen LogP contribution in [0.5, 0.6) is 0 Å². The maximum atomic E-state index is 5.05. The second-order valence-corrected chi connectivity index (χ2v) is 16.4. The van der Waals surface area contributed by atoms with Crippen LogP contribution in [0, 0.1) is 0 Å². The average Bonchev–Trinajstić information content (AvgIpc) is 3.88. The Hall–Kier alpha value is -8.67. The first-order valence-corrected chi connectivity index (χ1v) is 21.7. The Morgan fingerprint density at radius 1 is 0.250 bits per heavy atom. The van der Waals surface area contributed by atoms with Crippen molar-refractivity contribution in [2.45, 2.75) is 0 Å². The van der Waals surface area contributed by atoms with Gasteiger partial charge in [-0.3, -0.25) is 0 Å². The highest BCUT2D eigenvalue weighted by atomic mass is 15.0. The van der Waals surface area contributed by atoms with E-state index in [4.69, 9.17) is 15.0 Å². The van der Waals surface area contributed by atoms with Gasteiger partial charge in [0.05, 0.1) is 22.1 Å². The number of nitrogens with zero attached hydrogens (tertiary/aromatic N) is 5. The summed E-state index contributed by atoms with van der Waals surface area (Å²) in [6.07, 6.45) is 0. The maximum Gasteiger partial charge on any atom is 0.164 e. The molecule has 0 N–H and O–H groups in total. The first kappa shape index (κ1) is 36.0. The van der Waals surface area contributed by atoms with Crippen molar-refractivity contribution in [3.8, 4) is 56.7 Å². The summed E-state index contributed by atoms with van der Waals surface area (Å²) in [7, 11) is 0. The van der Waals surface area contributed by atoms with Gasteiger partial charge >= 0.3 is 0 Å². The molecule has 0 spiro atoms. The number of rotatable bonds is 6. The van der Waals surface area contributed by atoms with Crippen LogP contribution in [0.1, 0.15) is 0 Å². The van der Waals surface area contributed by atoms with Gasteiger partial charge in [0.15, 0.2) is 17.5 Å². The van der Waals surface area contributed by atoms with E-state index >= 15 is 0 Å². The van der Waals surface area contributed by atoms with E-state index < -0.39 is 0 Å². The molecule has 5 nitrogen and oxygen atoms in total. The lowest BCUT2D eigenvalue weighted by molar-refractivity contribution is 1.07. The molecule has 3 aromatic heterocycles. The van der Waals surface area contributed by atoms with Gasteiger partial charge in [-0.05, 0) is 99.4 Å². The fourth-order valence-corrected chi connectivity index (χ4v) is 9.80. The third-order valence-corrected chi connectivity index (χ3v) is 12.7. The van der Waals surface area contributed by atoms with Gasteiger partial charge in [-0.1, -0.05) is 158 Å². The molecule has 0 aliphatic carbocycles. The number of benzene rings is 10. The van der Waals surface area contributed by atoms with Crippen molar-refractivity contribution in [1.29, 1.82) is 0 Å². The van der Waals surface area contributed by atoms with E-state index in [1.54, 1.807) is 0 Å². The molecule has 0 aliphatic heterocycles. The van der Waals surface area contributed by atoms with Crippen LogP contribution in [0.3, 0.4) is 0 Å². The summed E-state index contributed by atoms with van der Waals surface area (Å²) in [5, 5.41) is 9.85. The van der Waals surface area contributed by atoms with Gasteiger partial charge in [0.1, 0.15) is 0 Å². The van der Waals surface area contributed by atoms with E-state index in [-0.39, 0.29) is 0 Å². The van der Waals surface area contributed by atoms with Crippen molar-refractivity contribution in [2.24, 2.45) is 0 Å². The molecule has 3 heterocycles. The van der Waals surface area contributed by atoms with Crippen LogP contribution in [0.15, 0.2) is 224 Å². The van der Waals surface area contributed by atoms with Gasteiger partial charge in [-0.25, -0.2) is 15.0 Å². The molecular formula is C59H37N5. The van der Waals surface area contributed by atoms with Gasteiger partial charge < -0.3 is 9.13 Å². The fraction of sp³-hybridized carbons (Fsp3) is 0. The van der Waals surface area contributed by atoms with Crippen molar-refractivity contribution < 1.29 is 0 Å². The minimum absolute atomic E-state index is 0.627. The summed E-state index contributed by atoms with van der Waals surface area (Å²) in [5.74, 6) is 1.91. The molecule has 0 fully saturated rings. The average molecular weight is 816 g/mol. The molecule has 0 saturated heterocycles. The molecule has 13 aromatic rings. The van der Waals surface area contributed by atoms with Crippen molar-refractivity contribution in [2.75, 3.05) is 0 Å². The topological polar surface area (TPSA) is 48.5 Å². The summed E-state index contributed by atoms with van der Waals surface area (Å²) in [6, 6.07) is 80.0. The van der Waals surface area contributed by atoms with E-state index in [0.29, 0.717) is 17.5 Å². The molecule has 0 amide bonds. The van der Waals surface area contributed by atoms with E-state index in [0.717, 1.165) is 39.1 Å². The fourth-order valence-electron chi connectivity index (χ4n) is 9.80. The van der Waals surface area contributed by atoms with E-state index in [2.05, 4.69) is 173 Å². The Morgan fingerprint density at radius 3 is 1.39 bits per heavy atom. The largest absolute Gasteiger partial charge is 0.309 e. The van der Waals surface area contributed by atoms with Crippen LogP contribution in [0.2, 0.25) is 0 Å².